The molecule has 3 N–H and O–H groups in total. The van der Waals surface area contributed by atoms with Crippen LogP contribution in [0.4, 0.5) is 0 Å². The van der Waals surface area contributed by atoms with Gasteiger partial charge in [-0.15, -0.1) is 0 Å². The Morgan fingerprint density at radius 3 is 2.26 bits per heavy atom. The van der Waals surface area contributed by atoms with Crippen LogP contribution in [0.3, 0.4) is 0 Å². The SMILES string of the molecule is Cc1ccc(Sc2ccc(C(=N)N)c(Br)c2)cc1C. The summed E-state index contributed by atoms with van der Waals surface area (Å²) in [6.07, 6.45) is 0. The minimum absolute atomic E-state index is 0.0783. The molecule has 0 aliphatic carbocycles. The maximum absolute atomic E-state index is 7.46. The van der Waals surface area contributed by atoms with Gasteiger partial charge in [0.05, 0.1) is 0 Å². The van der Waals surface area contributed by atoms with Crippen LogP contribution in [0.15, 0.2) is 50.7 Å². The van der Waals surface area contributed by atoms with Crippen LogP contribution in [0.2, 0.25) is 0 Å². The third-order valence-corrected chi connectivity index (χ3v) is 4.58. The van der Waals surface area contributed by atoms with Crippen molar-refractivity contribution in [2.24, 2.45) is 5.73 Å². The monoisotopic (exact) mass is 334 g/mol. The number of hydrogen-bond donors (Lipinski definition) is 2. The van der Waals surface area contributed by atoms with Crippen LogP contribution in [0, 0.1) is 19.3 Å². The predicted molar refractivity (Wildman–Crippen MR) is 85.2 cm³/mol. The molecule has 2 nitrogen and oxygen atoms in total. The summed E-state index contributed by atoms with van der Waals surface area (Å²) in [5, 5.41) is 7.46. The van der Waals surface area contributed by atoms with Crippen LogP contribution < -0.4 is 5.73 Å². The first-order chi connectivity index (χ1) is 8.97. The van der Waals surface area contributed by atoms with Crippen molar-refractivity contribution in [2.75, 3.05) is 0 Å². The van der Waals surface area contributed by atoms with Crippen molar-refractivity contribution in [3.63, 3.8) is 0 Å². The van der Waals surface area contributed by atoms with Crippen LogP contribution >= 0.6 is 27.7 Å². The predicted octanol–water partition coefficient (Wildman–Crippen LogP) is 4.50. The van der Waals surface area contributed by atoms with E-state index in [2.05, 4.69) is 48.0 Å². The van der Waals surface area contributed by atoms with Crippen molar-refractivity contribution >= 4 is 33.5 Å². The first kappa shape index (κ1) is 14.2. The zero-order chi connectivity index (χ0) is 14.0. The Hall–Kier alpha value is -1.26. The van der Waals surface area contributed by atoms with Gasteiger partial charge in [0.15, 0.2) is 0 Å². The van der Waals surface area contributed by atoms with E-state index in [1.807, 2.05) is 18.2 Å². The topological polar surface area (TPSA) is 49.9 Å². The summed E-state index contributed by atoms with van der Waals surface area (Å²) in [6, 6.07) is 12.3. The lowest BCUT2D eigenvalue weighted by Crippen LogP contribution is -2.11. The Bertz CT molecular complexity index is 638. The van der Waals surface area contributed by atoms with Gasteiger partial charge < -0.3 is 5.73 Å². The number of nitrogens with one attached hydrogen (secondary N) is 1. The van der Waals surface area contributed by atoms with E-state index in [0.29, 0.717) is 0 Å². The van der Waals surface area contributed by atoms with E-state index in [9.17, 15) is 0 Å². The fourth-order valence-corrected chi connectivity index (χ4v) is 3.39. The lowest BCUT2D eigenvalue weighted by molar-refractivity contribution is 1.27. The zero-order valence-electron chi connectivity index (χ0n) is 10.8. The summed E-state index contributed by atoms with van der Waals surface area (Å²) < 4.78 is 0.855. The van der Waals surface area contributed by atoms with Gasteiger partial charge in [0.2, 0.25) is 0 Å². The number of benzene rings is 2. The van der Waals surface area contributed by atoms with Crippen LogP contribution in [0.25, 0.3) is 0 Å². The van der Waals surface area contributed by atoms with Crippen LogP contribution in [0.1, 0.15) is 16.7 Å². The largest absolute Gasteiger partial charge is 0.384 e. The van der Waals surface area contributed by atoms with Gasteiger partial charge in [-0.25, -0.2) is 0 Å². The molecule has 0 saturated heterocycles. The Morgan fingerprint density at radius 2 is 1.68 bits per heavy atom. The zero-order valence-corrected chi connectivity index (χ0v) is 13.2. The van der Waals surface area contributed by atoms with Crippen LogP contribution in [-0.4, -0.2) is 5.84 Å². The van der Waals surface area contributed by atoms with Gasteiger partial charge in [0.1, 0.15) is 5.84 Å². The van der Waals surface area contributed by atoms with Crippen LogP contribution in [-0.2, 0) is 0 Å². The normalized spacial score (nSPS) is 10.5. The van der Waals surface area contributed by atoms with Gasteiger partial charge >= 0.3 is 0 Å². The van der Waals surface area contributed by atoms with Crippen molar-refractivity contribution < 1.29 is 0 Å². The number of aryl methyl sites for hydroxylation is 2. The molecule has 0 saturated carbocycles. The van der Waals surface area contributed by atoms with Gasteiger partial charge in [-0.3, -0.25) is 5.41 Å². The van der Waals surface area contributed by atoms with E-state index in [-0.39, 0.29) is 5.84 Å². The summed E-state index contributed by atoms with van der Waals surface area (Å²) in [5.41, 5.74) is 8.83. The first-order valence-electron chi connectivity index (χ1n) is 5.86. The second-order valence-corrected chi connectivity index (χ2v) is 6.40. The van der Waals surface area contributed by atoms with Crippen molar-refractivity contribution in [3.05, 3.63) is 57.6 Å². The lowest BCUT2D eigenvalue weighted by atomic mass is 10.1. The highest BCUT2D eigenvalue weighted by atomic mass is 79.9. The van der Waals surface area contributed by atoms with E-state index < -0.39 is 0 Å². The minimum atomic E-state index is 0.0783. The molecule has 0 aliphatic rings. The molecule has 98 valence electrons. The van der Waals surface area contributed by atoms with Crippen molar-refractivity contribution in [2.45, 2.75) is 23.6 Å². The molecule has 0 heterocycles. The third kappa shape index (κ3) is 3.39. The van der Waals surface area contributed by atoms with E-state index in [1.165, 1.54) is 16.0 Å². The van der Waals surface area contributed by atoms with Gasteiger partial charge in [0.25, 0.3) is 0 Å². The molecule has 0 fully saturated rings. The van der Waals surface area contributed by atoms with Crippen molar-refractivity contribution in [1.29, 1.82) is 5.41 Å². The van der Waals surface area contributed by atoms with Gasteiger partial charge in [0, 0.05) is 19.8 Å². The summed E-state index contributed by atoms with van der Waals surface area (Å²) in [6.45, 7) is 4.23. The molecule has 0 atom stereocenters. The van der Waals surface area contributed by atoms with Gasteiger partial charge in [-0.05, 0) is 71.2 Å². The second kappa shape index (κ2) is 5.80. The highest BCUT2D eigenvalue weighted by molar-refractivity contribution is 9.10. The molecule has 0 unspecified atom stereocenters. The fraction of sp³-hybridized carbons (Fsp3) is 0.133. The number of nitrogen functional groups attached to an aromatic ring is 1. The molecular weight excluding hydrogens is 320 g/mol. The van der Waals surface area contributed by atoms with Crippen molar-refractivity contribution in [1.82, 2.24) is 0 Å². The van der Waals surface area contributed by atoms with E-state index >= 15 is 0 Å². The van der Waals surface area contributed by atoms with Gasteiger partial charge in [-0.2, -0.15) is 0 Å². The Labute approximate surface area is 126 Å². The fourth-order valence-electron chi connectivity index (χ4n) is 1.69. The molecular formula is C15H15BrN2S. The van der Waals surface area contributed by atoms with E-state index in [1.54, 1.807) is 11.8 Å². The molecule has 2 rings (SSSR count). The maximum Gasteiger partial charge on any atom is 0.123 e. The maximum atomic E-state index is 7.46. The highest BCUT2D eigenvalue weighted by Gasteiger charge is 2.05. The number of amidine groups is 1. The quantitative estimate of drug-likeness (QED) is 0.641. The lowest BCUT2D eigenvalue weighted by Gasteiger charge is -2.07. The number of halogens is 1. The molecule has 0 aliphatic heterocycles. The van der Waals surface area contributed by atoms with E-state index in [0.717, 1.165) is 14.9 Å². The molecule has 2 aromatic rings. The second-order valence-electron chi connectivity index (χ2n) is 4.40. The van der Waals surface area contributed by atoms with Gasteiger partial charge in [-0.1, -0.05) is 17.8 Å². The summed E-state index contributed by atoms with van der Waals surface area (Å²) in [5.74, 6) is 0.0783. The number of rotatable bonds is 3. The Kier molecular flexibility index (Phi) is 4.32. The smallest absolute Gasteiger partial charge is 0.123 e. The minimum Gasteiger partial charge on any atom is -0.384 e. The molecule has 0 bridgehead atoms. The summed E-state index contributed by atoms with van der Waals surface area (Å²) in [4.78, 5) is 2.34. The molecule has 0 spiro atoms. The Morgan fingerprint density at radius 1 is 1.05 bits per heavy atom. The Balaban J connectivity index is 2.26. The number of hydrogen-bond acceptors (Lipinski definition) is 2. The average molecular weight is 335 g/mol. The van der Waals surface area contributed by atoms with E-state index in [4.69, 9.17) is 11.1 Å². The standard InChI is InChI=1S/C15H15BrN2S/c1-9-3-4-11(7-10(9)2)19-12-5-6-13(15(17)18)14(16)8-12/h3-8H,1-2H3,(H3,17,18). The first-order valence-corrected chi connectivity index (χ1v) is 7.47. The highest BCUT2D eigenvalue weighted by Crippen LogP contribution is 2.31. The van der Waals surface area contributed by atoms with Crippen LogP contribution in [0.5, 0.6) is 0 Å². The average Bonchev–Trinajstić information content (AvgIpc) is 2.33. The summed E-state index contributed by atoms with van der Waals surface area (Å²) in [7, 11) is 0. The third-order valence-electron chi connectivity index (χ3n) is 2.94. The molecule has 0 aromatic heterocycles. The summed E-state index contributed by atoms with van der Waals surface area (Å²) >= 11 is 5.16. The molecule has 0 radical (unpaired) electrons. The molecule has 0 amide bonds. The molecule has 2 aromatic carbocycles. The van der Waals surface area contributed by atoms with Crippen molar-refractivity contribution in [3.8, 4) is 0 Å². The molecule has 19 heavy (non-hydrogen) atoms. The molecule has 4 heteroatoms. The number of nitrogens with two attached hydrogens (primary N) is 1.